The van der Waals surface area contributed by atoms with E-state index in [4.69, 9.17) is 4.74 Å². The van der Waals surface area contributed by atoms with Gasteiger partial charge in [-0.1, -0.05) is 42.5 Å². The van der Waals surface area contributed by atoms with E-state index in [2.05, 4.69) is 0 Å². The second kappa shape index (κ2) is 8.64. The number of hydrogen-bond acceptors (Lipinski definition) is 6. The predicted molar refractivity (Wildman–Crippen MR) is 112 cm³/mol. The second-order valence-electron chi connectivity index (χ2n) is 7.69. The van der Waals surface area contributed by atoms with Crippen molar-refractivity contribution in [1.82, 2.24) is 9.21 Å². The van der Waals surface area contributed by atoms with Gasteiger partial charge in [0.1, 0.15) is 6.61 Å². The van der Waals surface area contributed by atoms with Crippen LogP contribution in [0.4, 0.5) is 10.5 Å². The maximum Gasteiger partial charge on any atom is 0.410 e. The first-order chi connectivity index (χ1) is 14.9. The molecule has 0 aromatic heterocycles. The van der Waals surface area contributed by atoms with E-state index in [0.717, 1.165) is 5.56 Å². The Morgan fingerprint density at radius 2 is 1.68 bits per heavy atom. The molecule has 0 saturated carbocycles. The number of cyclic esters (lactones) is 1. The van der Waals surface area contributed by atoms with Crippen LogP contribution < -0.4 is 0 Å². The molecule has 164 valence electrons. The number of para-hydroxylation sites is 1. The number of piperidine rings is 1. The quantitative estimate of drug-likeness (QED) is 0.499. The van der Waals surface area contributed by atoms with Gasteiger partial charge in [-0.05, 0) is 30.9 Å². The highest BCUT2D eigenvalue weighted by Gasteiger charge is 2.41. The molecule has 2 aliphatic rings. The lowest BCUT2D eigenvalue weighted by molar-refractivity contribution is -0.387. The van der Waals surface area contributed by atoms with E-state index < -0.39 is 20.6 Å². The molecule has 10 heteroatoms. The van der Waals surface area contributed by atoms with Gasteiger partial charge in [0.05, 0.1) is 11.0 Å². The number of ether oxygens (including phenoxy) is 1. The fourth-order valence-electron chi connectivity index (χ4n) is 4.29. The molecule has 0 unspecified atom stereocenters. The van der Waals surface area contributed by atoms with Gasteiger partial charge in [0.15, 0.2) is 4.90 Å². The van der Waals surface area contributed by atoms with E-state index in [1.807, 2.05) is 30.3 Å². The average Bonchev–Trinajstić information content (AvgIpc) is 3.14. The van der Waals surface area contributed by atoms with Crippen LogP contribution in [0.1, 0.15) is 18.4 Å². The summed E-state index contributed by atoms with van der Waals surface area (Å²) in [6, 6.07) is 15.0. The molecule has 1 amide bonds. The third kappa shape index (κ3) is 4.26. The van der Waals surface area contributed by atoms with Gasteiger partial charge >= 0.3 is 6.09 Å². The van der Waals surface area contributed by atoms with Crippen molar-refractivity contribution in [2.45, 2.75) is 36.2 Å². The number of rotatable bonds is 6. The van der Waals surface area contributed by atoms with Crippen LogP contribution in [0, 0.1) is 10.1 Å². The van der Waals surface area contributed by atoms with Crippen molar-refractivity contribution < 1.29 is 22.9 Å². The number of amides is 1. The van der Waals surface area contributed by atoms with Crippen LogP contribution in [0.25, 0.3) is 0 Å². The van der Waals surface area contributed by atoms with Crippen molar-refractivity contribution in [3.63, 3.8) is 0 Å². The first kappa shape index (κ1) is 21.3. The Labute approximate surface area is 180 Å². The molecule has 0 bridgehead atoms. The molecular formula is C21H23N3O6S. The molecule has 0 spiro atoms. The molecule has 2 aliphatic heterocycles. The highest BCUT2D eigenvalue weighted by molar-refractivity contribution is 7.89. The third-order valence-corrected chi connectivity index (χ3v) is 7.76. The molecule has 9 nitrogen and oxygen atoms in total. The maximum atomic E-state index is 13.0. The first-order valence-electron chi connectivity index (χ1n) is 10.1. The molecule has 0 N–H and O–H groups in total. The van der Waals surface area contributed by atoms with Crippen molar-refractivity contribution >= 4 is 21.8 Å². The largest absolute Gasteiger partial charge is 0.447 e. The van der Waals surface area contributed by atoms with Crippen LogP contribution in [0.2, 0.25) is 0 Å². The standard InChI is InChI=1S/C21H23N3O6S/c25-21-23(18(15-30-21)14-16-6-2-1-3-7-16)17-10-12-22(13-11-17)31(28,29)20-9-5-4-8-19(20)24(26)27/h1-9,17-18H,10-15H2/t18-/m0/s1. The summed E-state index contributed by atoms with van der Waals surface area (Å²) in [5.41, 5.74) is 0.669. The van der Waals surface area contributed by atoms with Crippen LogP contribution in [0.5, 0.6) is 0 Å². The van der Waals surface area contributed by atoms with Crippen LogP contribution in [0.15, 0.2) is 59.5 Å². The summed E-state index contributed by atoms with van der Waals surface area (Å²) < 4.78 is 32.6. The van der Waals surface area contributed by atoms with Crippen LogP contribution in [-0.4, -0.2) is 60.4 Å². The lowest BCUT2D eigenvalue weighted by Crippen LogP contribution is -2.50. The van der Waals surface area contributed by atoms with Crippen molar-refractivity contribution in [2.24, 2.45) is 0 Å². The van der Waals surface area contributed by atoms with E-state index in [-0.39, 0.29) is 36.2 Å². The zero-order chi connectivity index (χ0) is 22.0. The molecule has 4 rings (SSSR count). The van der Waals surface area contributed by atoms with E-state index >= 15 is 0 Å². The highest BCUT2D eigenvalue weighted by Crippen LogP contribution is 2.31. The van der Waals surface area contributed by atoms with Crippen molar-refractivity contribution in [1.29, 1.82) is 0 Å². The van der Waals surface area contributed by atoms with Gasteiger partial charge in [-0.2, -0.15) is 4.31 Å². The van der Waals surface area contributed by atoms with Gasteiger partial charge in [0, 0.05) is 25.2 Å². The third-order valence-electron chi connectivity index (χ3n) is 5.81. The van der Waals surface area contributed by atoms with Gasteiger partial charge in [0.2, 0.25) is 10.0 Å². The minimum absolute atomic E-state index is 0.0988. The average molecular weight is 445 g/mol. The monoisotopic (exact) mass is 445 g/mol. The van der Waals surface area contributed by atoms with Crippen LogP contribution >= 0.6 is 0 Å². The van der Waals surface area contributed by atoms with Gasteiger partial charge in [0.25, 0.3) is 5.69 Å². The fraction of sp³-hybridized carbons (Fsp3) is 0.381. The molecule has 2 fully saturated rings. The molecule has 0 radical (unpaired) electrons. The molecule has 1 atom stereocenters. The normalized spacial score (nSPS) is 20.6. The Hall–Kier alpha value is -2.98. The highest BCUT2D eigenvalue weighted by atomic mass is 32.2. The number of nitrogens with zero attached hydrogens (tertiary/aromatic N) is 3. The Kier molecular flexibility index (Phi) is 5.92. The summed E-state index contributed by atoms with van der Waals surface area (Å²) in [5, 5.41) is 11.3. The van der Waals surface area contributed by atoms with Crippen molar-refractivity contribution in [2.75, 3.05) is 19.7 Å². The van der Waals surface area contributed by atoms with E-state index in [0.29, 0.717) is 25.9 Å². The summed E-state index contributed by atoms with van der Waals surface area (Å²) >= 11 is 0. The lowest BCUT2D eigenvalue weighted by Gasteiger charge is -2.37. The number of carbonyl (C=O) groups is 1. The Bertz CT molecular complexity index is 1070. The lowest BCUT2D eigenvalue weighted by atomic mass is 10.00. The SMILES string of the molecule is O=C1OC[C@H](Cc2ccccc2)N1C1CCN(S(=O)(=O)c2ccccc2[N+](=O)[O-])CC1. The maximum absolute atomic E-state index is 13.0. The topological polar surface area (TPSA) is 110 Å². The number of hydrogen-bond donors (Lipinski definition) is 0. The van der Waals surface area contributed by atoms with E-state index in [1.54, 1.807) is 4.90 Å². The minimum Gasteiger partial charge on any atom is -0.447 e. The molecule has 2 aromatic carbocycles. The number of sulfonamides is 1. The summed E-state index contributed by atoms with van der Waals surface area (Å²) in [4.78, 5) is 24.4. The molecule has 31 heavy (non-hydrogen) atoms. The van der Waals surface area contributed by atoms with Crippen LogP contribution in [-0.2, 0) is 21.2 Å². The molecular weight excluding hydrogens is 422 g/mol. The molecule has 0 aliphatic carbocycles. The number of nitro benzene ring substituents is 1. The molecule has 2 heterocycles. The van der Waals surface area contributed by atoms with Crippen molar-refractivity contribution in [3.05, 3.63) is 70.3 Å². The molecule has 2 saturated heterocycles. The second-order valence-corrected chi connectivity index (χ2v) is 9.59. The minimum atomic E-state index is -4.00. The fourth-order valence-corrected chi connectivity index (χ4v) is 5.92. The van der Waals surface area contributed by atoms with Gasteiger partial charge in [-0.3, -0.25) is 15.0 Å². The summed E-state index contributed by atoms with van der Waals surface area (Å²) in [5.74, 6) is 0. The Morgan fingerprint density at radius 3 is 2.35 bits per heavy atom. The van der Waals surface area contributed by atoms with Gasteiger partial charge in [-0.25, -0.2) is 13.2 Å². The summed E-state index contributed by atoms with van der Waals surface area (Å²) in [6.45, 7) is 0.671. The van der Waals surface area contributed by atoms with Gasteiger partial charge in [-0.15, -0.1) is 0 Å². The summed E-state index contributed by atoms with van der Waals surface area (Å²) in [7, 11) is -4.00. The smallest absolute Gasteiger partial charge is 0.410 e. The zero-order valence-electron chi connectivity index (χ0n) is 16.8. The van der Waals surface area contributed by atoms with E-state index in [1.165, 1.54) is 28.6 Å². The zero-order valence-corrected chi connectivity index (χ0v) is 17.6. The predicted octanol–water partition coefficient (Wildman–Crippen LogP) is 2.81. The number of nitro groups is 1. The number of carbonyl (C=O) groups excluding carboxylic acids is 1. The van der Waals surface area contributed by atoms with E-state index in [9.17, 15) is 23.3 Å². The van der Waals surface area contributed by atoms with Gasteiger partial charge < -0.3 is 4.74 Å². The first-order valence-corrected chi connectivity index (χ1v) is 11.5. The number of benzene rings is 2. The Morgan fingerprint density at radius 1 is 1.03 bits per heavy atom. The molecule has 2 aromatic rings. The summed E-state index contributed by atoms with van der Waals surface area (Å²) in [6.07, 6.45) is 1.18. The Balaban J connectivity index is 1.46. The van der Waals surface area contributed by atoms with Crippen molar-refractivity contribution in [3.8, 4) is 0 Å². The van der Waals surface area contributed by atoms with Crippen LogP contribution in [0.3, 0.4) is 0 Å².